The van der Waals surface area contributed by atoms with E-state index in [-0.39, 0.29) is 12.2 Å². The van der Waals surface area contributed by atoms with Crippen LogP contribution < -0.4 is 0 Å². The van der Waals surface area contributed by atoms with Crippen molar-refractivity contribution in [2.45, 2.75) is 38.9 Å². The van der Waals surface area contributed by atoms with Gasteiger partial charge in [0.15, 0.2) is 0 Å². The molecule has 124 valence electrons. The van der Waals surface area contributed by atoms with E-state index in [1.54, 1.807) is 0 Å². The predicted octanol–water partition coefficient (Wildman–Crippen LogP) is 1.89. The Morgan fingerprint density at radius 3 is 1.52 bits per heavy atom. The lowest BCUT2D eigenvalue weighted by atomic mass is 10.1. The van der Waals surface area contributed by atoms with Crippen molar-refractivity contribution >= 4 is 0 Å². The molecule has 5 heteroatoms. The number of rotatable bonds is 12. The summed E-state index contributed by atoms with van der Waals surface area (Å²) in [6.45, 7) is 10.5. The van der Waals surface area contributed by atoms with Crippen molar-refractivity contribution in [3.8, 4) is 0 Å². The SMILES string of the molecule is CCC(COCC(CC)OCC1COC1)OCC1COC1. The lowest BCUT2D eigenvalue weighted by molar-refractivity contribution is -0.117. The van der Waals surface area contributed by atoms with Crippen molar-refractivity contribution in [3.63, 3.8) is 0 Å². The van der Waals surface area contributed by atoms with Crippen LogP contribution in [0.25, 0.3) is 0 Å². The van der Waals surface area contributed by atoms with E-state index in [1.807, 2.05) is 0 Å². The molecular weight excluding hydrogens is 272 g/mol. The zero-order valence-electron chi connectivity index (χ0n) is 13.4. The Kier molecular flexibility index (Phi) is 7.96. The van der Waals surface area contributed by atoms with Crippen molar-refractivity contribution in [2.75, 3.05) is 52.9 Å². The van der Waals surface area contributed by atoms with Crippen LogP contribution in [0.1, 0.15) is 26.7 Å². The van der Waals surface area contributed by atoms with Gasteiger partial charge in [-0.3, -0.25) is 0 Å². The summed E-state index contributed by atoms with van der Waals surface area (Å²) in [5, 5.41) is 0. The lowest BCUT2D eigenvalue weighted by Crippen LogP contribution is -2.35. The largest absolute Gasteiger partial charge is 0.381 e. The molecule has 0 aromatic carbocycles. The second-order valence-corrected chi connectivity index (χ2v) is 6.07. The minimum atomic E-state index is 0.183. The topological polar surface area (TPSA) is 46.2 Å². The second kappa shape index (κ2) is 9.74. The molecule has 2 saturated heterocycles. The van der Waals surface area contributed by atoms with Gasteiger partial charge in [0.2, 0.25) is 0 Å². The molecule has 0 bridgehead atoms. The van der Waals surface area contributed by atoms with Crippen LogP contribution in [-0.2, 0) is 23.7 Å². The fourth-order valence-corrected chi connectivity index (χ4v) is 2.20. The van der Waals surface area contributed by atoms with Gasteiger partial charge < -0.3 is 23.7 Å². The van der Waals surface area contributed by atoms with E-state index in [9.17, 15) is 0 Å². The molecule has 0 saturated carbocycles. The van der Waals surface area contributed by atoms with Gasteiger partial charge in [0.1, 0.15) is 0 Å². The summed E-state index contributed by atoms with van der Waals surface area (Å²) in [5.41, 5.74) is 0. The molecule has 0 N–H and O–H groups in total. The van der Waals surface area contributed by atoms with Crippen molar-refractivity contribution in [1.82, 2.24) is 0 Å². The van der Waals surface area contributed by atoms with Gasteiger partial charge in [-0.1, -0.05) is 13.8 Å². The highest BCUT2D eigenvalue weighted by atomic mass is 16.6. The van der Waals surface area contributed by atoms with Crippen LogP contribution in [0.15, 0.2) is 0 Å². The van der Waals surface area contributed by atoms with E-state index >= 15 is 0 Å². The molecule has 0 aromatic heterocycles. The van der Waals surface area contributed by atoms with Crippen LogP contribution in [0.2, 0.25) is 0 Å². The molecule has 0 radical (unpaired) electrons. The van der Waals surface area contributed by atoms with Crippen LogP contribution in [0.5, 0.6) is 0 Å². The van der Waals surface area contributed by atoms with Crippen molar-refractivity contribution in [3.05, 3.63) is 0 Å². The van der Waals surface area contributed by atoms with Crippen LogP contribution in [0.3, 0.4) is 0 Å². The summed E-state index contributed by atoms with van der Waals surface area (Å²) < 4.78 is 27.8. The van der Waals surface area contributed by atoms with Gasteiger partial charge in [-0.2, -0.15) is 0 Å². The van der Waals surface area contributed by atoms with Gasteiger partial charge in [0, 0.05) is 11.8 Å². The first-order valence-electron chi connectivity index (χ1n) is 8.28. The molecule has 0 aliphatic carbocycles. The third-order valence-electron chi connectivity index (χ3n) is 4.07. The summed E-state index contributed by atoms with van der Waals surface area (Å²) in [4.78, 5) is 0. The Bertz CT molecular complexity index is 239. The maximum atomic E-state index is 5.87. The first kappa shape index (κ1) is 17.2. The molecule has 0 amide bonds. The highest BCUT2D eigenvalue weighted by molar-refractivity contribution is 4.67. The standard InChI is InChI=1S/C16H30O5/c1-3-15(20-9-13-5-17-6-13)11-19-12-16(4-2)21-10-14-7-18-8-14/h13-16H,3-12H2,1-2H3. The second-order valence-electron chi connectivity index (χ2n) is 6.07. The van der Waals surface area contributed by atoms with Crippen molar-refractivity contribution in [1.29, 1.82) is 0 Å². The Labute approximate surface area is 128 Å². The Hall–Kier alpha value is -0.200. The molecule has 2 unspecified atom stereocenters. The molecule has 2 fully saturated rings. The average molecular weight is 302 g/mol. The van der Waals surface area contributed by atoms with E-state index in [0.717, 1.165) is 52.5 Å². The molecule has 2 heterocycles. The summed E-state index contributed by atoms with van der Waals surface area (Å²) in [6.07, 6.45) is 2.32. The quantitative estimate of drug-likeness (QED) is 0.551. The summed E-state index contributed by atoms with van der Waals surface area (Å²) in [6, 6.07) is 0. The molecular formula is C16H30O5. The number of ether oxygens (including phenoxy) is 5. The normalized spacial score (nSPS) is 22.6. The molecule has 2 aliphatic heterocycles. The van der Waals surface area contributed by atoms with Gasteiger partial charge in [0.05, 0.1) is 65.1 Å². The predicted molar refractivity (Wildman–Crippen MR) is 79.5 cm³/mol. The van der Waals surface area contributed by atoms with Gasteiger partial charge in [0.25, 0.3) is 0 Å². The number of hydrogen-bond acceptors (Lipinski definition) is 5. The minimum absolute atomic E-state index is 0.183. The van der Waals surface area contributed by atoms with Gasteiger partial charge >= 0.3 is 0 Å². The Balaban J connectivity index is 1.51. The molecule has 2 atom stereocenters. The van der Waals surface area contributed by atoms with Gasteiger partial charge in [-0.05, 0) is 12.8 Å². The molecule has 21 heavy (non-hydrogen) atoms. The van der Waals surface area contributed by atoms with E-state index in [4.69, 9.17) is 23.7 Å². The molecule has 2 rings (SSSR count). The Morgan fingerprint density at radius 1 is 0.810 bits per heavy atom. The number of hydrogen-bond donors (Lipinski definition) is 0. The molecule has 0 spiro atoms. The van der Waals surface area contributed by atoms with Crippen LogP contribution in [0.4, 0.5) is 0 Å². The fraction of sp³-hybridized carbons (Fsp3) is 1.00. The lowest BCUT2D eigenvalue weighted by Gasteiger charge is -2.29. The van der Waals surface area contributed by atoms with Gasteiger partial charge in [-0.25, -0.2) is 0 Å². The van der Waals surface area contributed by atoms with Crippen molar-refractivity contribution < 1.29 is 23.7 Å². The van der Waals surface area contributed by atoms with Crippen LogP contribution in [-0.4, -0.2) is 65.1 Å². The fourth-order valence-electron chi connectivity index (χ4n) is 2.20. The minimum Gasteiger partial charge on any atom is -0.381 e. The van der Waals surface area contributed by atoms with E-state index in [2.05, 4.69) is 13.8 Å². The monoisotopic (exact) mass is 302 g/mol. The first-order valence-corrected chi connectivity index (χ1v) is 8.28. The first-order chi connectivity index (χ1) is 10.3. The maximum absolute atomic E-state index is 5.87. The molecule has 0 aromatic rings. The Morgan fingerprint density at radius 2 is 1.24 bits per heavy atom. The van der Waals surface area contributed by atoms with E-state index < -0.39 is 0 Å². The smallest absolute Gasteiger partial charge is 0.0806 e. The zero-order valence-corrected chi connectivity index (χ0v) is 13.4. The summed E-state index contributed by atoms with van der Waals surface area (Å²) in [5.74, 6) is 1.16. The third kappa shape index (κ3) is 6.20. The average Bonchev–Trinajstić information content (AvgIpc) is 2.40. The molecule has 2 aliphatic rings. The molecule has 5 nitrogen and oxygen atoms in total. The zero-order chi connectivity index (χ0) is 14.9. The summed E-state index contributed by atoms with van der Waals surface area (Å²) >= 11 is 0. The van der Waals surface area contributed by atoms with Crippen LogP contribution >= 0.6 is 0 Å². The van der Waals surface area contributed by atoms with E-state index in [0.29, 0.717) is 25.0 Å². The third-order valence-corrected chi connectivity index (χ3v) is 4.07. The van der Waals surface area contributed by atoms with Gasteiger partial charge in [-0.15, -0.1) is 0 Å². The van der Waals surface area contributed by atoms with Crippen molar-refractivity contribution in [2.24, 2.45) is 11.8 Å². The maximum Gasteiger partial charge on any atom is 0.0806 e. The highest BCUT2D eigenvalue weighted by Gasteiger charge is 2.21. The van der Waals surface area contributed by atoms with Crippen LogP contribution in [0, 0.1) is 11.8 Å². The summed E-state index contributed by atoms with van der Waals surface area (Å²) in [7, 11) is 0. The van der Waals surface area contributed by atoms with E-state index in [1.165, 1.54) is 0 Å². The highest BCUT2D eigenvalue weighted by Crippen LogP contribution is 2.14.